The van der Waals surface area contributed by atoms with Crippen LogP contribution in [0.25, 0.3) is 0 Å². The number of nitrogens with one attached hydrogen (secondary N) is 2. The lowest BCUT2D eigenvalue weighted by Gasteiger charge is -2.11. The van der Waals surface area contributed by atoms with Gasteiger partial charge >= 0.3 is 0 Å². The largest absolute Gasteiger partial charge is 0.497 e. The van der Waals surface area contributed by atoms with Crippen molar-refractivity contribution in [3.8, 4) is 11.5 Å². The van der Waals surface area contributed by atoms with Crippen molar-refractivity contribution >= 4 is 34.0 Å². The molecule has 3 rings (SSSR count). The number of nitrogens with zero attached hydrogens (tertiary/aromatic N) is 3. The maximum absolute atomic E-state index is 12.4. The number of ether oxygens (including phenoxy) is 2. The van der Waals surface area contributed by atoms with Gasteiger partial charge in [0.25, 0.3) is 5.91 Å². The number of thiazole rings is 1. The molecule has 3 aromatic rings. The second kappa shape index (κ2) is 8.91. The topological polar surface area (TPSA) is 115 Å². The van der Waals surface area contributed by atoms with Gasteiger partial charge in [0.1, 0.15) is 17.2 Å². The molecule has 0 aliphatic rings. The highest BCUT2D eigenvalue weighted by molar-refractivity contribution is 7.14. The standard InChI is InChI=1S/C18H17N5O4S/c1-26-12-3-4-15(27-2)13(8-12)22-16(24)7-11-10-28-18(21-11)23-17(25)14-9-19-5-6-20-14/h3-6,8-10H,7H2,1-2H3,(H,22,24)(H,21,23,25). The number of methoxy groups -OCH3 is 2. The zero-order valence-electron chi connectivity index (χ0n) is 15.1. The van der Waals surface area contributed by atoms with Crippen LogP contribution >= 0.6 is 11.3 Å². The monoisotopic (exact) mass is 399 g/mol. The summed E-state index contributed by atoms with van der Waals surface area (Å²) in [6.07, 6.45) is 4.31. The molecular weight excluding hydrogens is 382 g/mol. The van der Waals surface area contributed by atoms with E-state index in [4.69, 9.17) is 9.47 Å². The second-order valence-electron chi connectivity index (χ2n) is 5.48. The van der Waals surface area contributed by atoms with Gasteiger partial charge in [-0.05, 0) is 12.1 Å². The molecule has 0 bridgehead atoms. The highest BCUT2D eigenvalue weighted by Gasteiger charge is 2.14. The summed E-state index contributed by atoms with van der Waals surface area (Å²) in [6, 6.07) is 5.11. The minimum Gasteiger partial charge on any atom is -0.497 e. The van der Waals surface area contributed by atoms with Crippen molar-refractivity contribution < 1.29 is 19.1 Å². The molecule has 144 valence electrons. The van der Waals surface area contributed by atoms with Crippen molar-refractivity contribution in [1.29, 1.82) is 0 Å². The molecule has 0 aliphatic carbocycles. The Balaban J connectivity index is 1.62. The first kappa shape index (κ1) is 19.2. The van der Waals surface area contributed by atoms with E-state index in [0.29, 0.717) is 28.0 Å². The fourth-order valence-electron chi connectivity index (χ4n) is 2.29. The molecule has 0 fully saturated rings. The van der Waals surface area contributed by atoms with E-state index in [1.807, 2.05) is 0 Å². The molecule has 28 heavy (non-hydrogen) atoms. The SMILES string of the molecule is COc1ccc(OC)c(NC(=O)Cc2csc(NC(=O)c3cnccn3)n2)c1. The summed E-state index contributed by atoms with van der Waals surface area (Å²) in [6.45, 7) is 0. The predicted octanol–water partition coefficient (Wildman–Crippen LogP) is 2.38. The summed E-state index contributed by atoms with van der Waals surface area (Å²) in [5, 5.41) is 7.48. The molecule has 0 spiro atoms. The molecular formula is C18H17N5O4S. The van der Waals surface area contributed by atoms with Crippen LogP contribution in [-0.4, -0.2) is 41.0 Å². The Hall–Kier alpha value is -3.53. The minimum absolute atomic E-state index is 0.0396. The van der Waals surface area contributed by atoms with Crippen molar-refractivity contribution in [1.82, 2.24) is 15.0 Å². The van der Waals surface area contributed by atoms with Gasteiger partial charge in [-0.25, -0.2) is 9.97 Å². The van der Waals surface area contributed by atoms with Crippen molar-refractivity contribution in [3.05, 3.63) is 53.6 Å². The van der Waals surface area contributed by atoms with Crippen LogP contribution in [0.5, 0.6) is 11.5 Å². The molecule has 9 nitrogen and oxygen atoms in total. The lowest BCUT2D eigenvalue weighted by molar-refractivity contribution is -0.115. The number of carbonyl (C=O) groups excluding carboxylic acids is 2. The number of benzene rings is 1. The van der Waals surface area contributed by atoms with E-state index in [-0.39, 0.29) is 18.0 Å². The van der Waals surface area contributed by atoms with Gasteiger partial charge in [0.05, 0.1) is 38.2 Å². The van der Waals surface area contributed by atoms with Gasteiger partial charge in [0.15, 0.2) is 5.13 Å². The first-order valence-corrected chi connectivity index (χ1v) is 9.00. The molecule has 10 heteroatoms. The smallest absolute Gasteiger partial charge is 0.277 e. The number of anilines is 2. The minimum atomic E-state index is -0.417. The fourth-order valence-corrected chi connectivity index (χ4v) is 3.00. The highest BCUT2D eigenvalue weighted by Crippen LogP contribution is 2.29. The Morgan fingerprint density at radius 2 is 2.00 bits per heavy atom. The third kappa shape index (κ3) is 4.80. The van der Waals surface area contributed by atoms with Gasteiger partial charge in [-0.2, -0.15) is 0 Å². The summed E-state index contributed by atoms with van der Waals surface area (Å²) < 4.78 is 10.4. The van der Waals surface area contributed by atoms with Gasteiger partial charge in [0.2, 0.25) is 5.91 Å². The second-order valence-corrected chi connectivity index (χ2v) is 6.34. The van der Waals surface area contributed by atoms with E-state index in [1.54, 1.807) is 30.7 Å². The first-order chi connectivity index (χ1) is 13.6. The van der Waals surface area contributed by atoms with Gasteiger partial charge in [0, 0.05) is 23.8 Å². The molecule has 0 saturated heterocycles. The van der Waals surface area contributed by atoms with E-state index in [2.05, 4.69) is 25.6 Å². The molecule has 2 heterocycles. The average Bonchev–Trinajstić information content (AvgIpc) is 3.15. The maximum Gasteiger partial charge on any atom is 0.277 e. The summed E-state index contributed by atoms with van der Waals surface area (Å²) in [4.78, 5) is 36.4. The van der Waals surface area contributed by atoms with Gasteiger partial charge < -0.3 is 14.8 Å². The van der Waals surface area contributed by atoms with Crippen LogP contribution in [0.15, 0.2) is 42.2 Å². The van der Waals surface area contributed by atoms with Gasteiger partial charge in [-0.3, -0.25) is 19.9 Å². The summed E-state index contributed by atoms with van der Waals surface area (Å²) in [5.41, 5.74) is 1.21. The van der Waals surface area contributed by atoms with E-state index >= 15 is 0 Å². The molecule has 2 N–H and O–H groups in total. The molecule has 0 radical (unpaired) electrons. The Kier molecular flexibility index (Phi) is 6.12. The maximum atomic E-state index is 12.4. The number of carbonyl (C=O) groups is 2. The number of hydrogen-bond acceptors (Lipinski definition) is 8. The van der Waals surface area contributed by atoms with Crippen LogP contribution in [0.4, 0.5) is 10.8 Å². The molecule has 2 aromatic heterocycles. The highest BCUT2D eigenvalue weighted by atomic mass is 32.1. The zero-order valence-corrected chi connectivity index (χ0v) is 15.9. The first-order valence-electron chi connectivity index (χ1n) is 8.12. The summed E-state index contributed by atoms with van der Waals surface area (Å²) >= 11 is 1.22. The van der Waals surface area contributed by atoms with Crippen molar-refractivity contribution in [2.75, 3.05) is 24.9 Å². The van der Waals surface area contributed by atoms with Crippen molar-refractivity contribution in [3.63, 3.8) is 0 Å². The normalized spacial score (nSPS) is 10.2. The van der Waals surface area contributed by atoms with Crippen LogP contribution in [0, 0.1) is 0 Å². The number of amides is 2. The molecule has 0 saturated carbocycles. The van der Waals surface area contributed by atoms with Crippen LogP contribution < -0.4 is 20.1 Å². The number of aromatic nitrogens is 3. The third-order valence-electron chi connectivity index (χ3n) is 3.59. The Labute approximate surface area is 164 Å². The Morgan fingerprint density at radius 1 is 1.14 bits per heavy atom. The van der Waals surface area contributed by atoms with E-state index in [1.165, 1.54) is 37.0 Å². The lowest BCUT2D eigenvalue weighted by atomic mass is 10.2. The van der Waals surface area contributed by atoms with Crippen LogP contribution in [0.1, 0.15) is 16.2 Å². The molecule has 2 amide bonds. The summed E-state index contributed by atoms with van der Waals surface area (Å²) in [5.74, 6) is 0.423. The molecule has 0 unspecified atom stereocenters. The Morgan fingerprint density at radius 3 is 2.71 bits per heavy atom. The van der Waals surface area contributed by atoms with E-state index in [0.717, 1.165) is 0 Å². The zero-order chi connectivity index (χ0) is 19.9. The van der Waals surface area contributed by atoms with Crippen LogP contribution in [-0.2, 0) is 11.2 Å². The van der Waals surface area contributed by atoms with Crippen molar-refractivity contribution in [2.24, 2.45) is 0 Å². The van der Waals surface area contributed by atoms with Crippen LogP contribution in [0.2, 0.25) is 0 Å². The molecule has 0 atom stereocenters. The third-order valence-corrected chi connectivity index (χ3v) is 4.40. The van der Waals surface area contributed by atoms with Gasteiger partial charge in [-0.15, -0.1) is 11.3 Å². The average molecular weight is 399 g/mol. The molecule has 1 aromatic carbocycles. The number of hydrogen-bond donors (Lipinski definition) is 2. The van der Waals surface area contributed by atoms with Gasteiger partial charge in [-0.1, -0.05) is 0 Å². The quantitative estimate of drug-likeness (QED) is 0.627. The van der Waals surface area contributed by atoms with E-state index < -0.39 is 5.91 Å². The van der Waals surface area contributed by atoms with E-state index in [9.17, 15) is 9.59 Å². The van der Waals surface area contributed by atoms with Crippen LogP contribution in [0.3, 0.4) is 0 Å². The Bertz CT molecular complexity index is 977. The summed E-state index contributed by atoms with van der Waals surface area (Å²) in [7, 11) is 3.06. The molecule has 0 aliphatic heterocycles. The van der Waals surface area contributed by atoms with Crippen molar-refractivity contribution in [2.45, 2.75) is 6.42 Å². The number of rotatable bonds is 7. The lowest BCUT2D eigenvalue weighted by Crippen LogP contribution is -2.16. The predicted molar refractivity (Wildman–Crippen MR) is 104 cm³/mol. The fraction of sp³-hybridized carbons (Fsp3) is 0.167.